The van der Waals surface area contributed by atoms with Crippen LogP contribution in [0, 0.1) is 24.4 Å². The van der Waals surface area contributed by atoms with Crippen LogP contribution in [0.5, 0.6) is 0 Å². The van der Waals surface area contributed by atoms with Gasteiger partial charge in [0.25, 0.3) is 5.91 Å². The predicted octanol–water partition coefficient (Wildman–Crippen LogP) is 3.47. The average molecular weight is 338 g/mol. The number of halogens is 3. The molecular weight excluding hydrogens is 321 g/mol. The van der Waals surface area contributed by atoms with Crippen LogP contribution < -0.4 is 10.6 Å². The first-order valence-electron chi connectivity index (χ1n) is 7.38. The fourth-order valence-corrected chi connectivity index (χ4v) is 1.91. The largest absolute Gasteiger partial charge is 0.348 e. The van der Waals surface area contributed by atoms with E-state index in [1.54, 1.807) is 6.92 Å². The summed E-state index contributed by atoms with van der Waals surface area (Å²) in [7, 11) is 0. The monoisotopic (exact) mass is 338 g/mol. The zero-order chi connectivity index (χ0) is 17.9. The smallest absolute Gasteiger partial charge is 0.270 e. The second-order valence-corrected chi connectivity index (χ2v) is 5.32. The zero-order valence-corrected chi connectivity index (χ0v) is 13.5. The van der Waals surface area contributed by atoms with Gasteiger partial charge in [0.2, 0.25) is 0 Å². The molecule has 8 heteroatoms. The molecule has 2 N–H and O–H groups in total. The van der Waals surface area contributed by atoms with E-state index in [0.29, 0.717) is 0 Å². The molecule has 0 saturated carbocycles. The van der Waals surface area contributed by atoms with Crippen molar-refractivity contribution >= 4 is 17.4 Å². The lowest BCUT2D eigenvalue weighted by molar-refractivity contribution is 0.0934. The van der Waals surface area contributed by atoms with Crippen molar-refractivity contribution in [1.29, 1.82) is 0 Å². The van der Waals surface area contributed by atoms with Crippen LogP contribution in [0.1, 0.15) is 36.6 Å². The van der Waals surface area contributed by atoms with Gasteiger partial charge in [0.15, 0.2) is 17.5 Å². The number of aryl methyl sites for hydroxylation is 1. The third-order valence-electron chi connectivity index (χ3n) is 3.36. The number of aromatic nitrogens is 2. The molecule has 0 bridgehead atoms. The van der Waals surface area contributed by atoms with Gasteiger partial charge in [-0.25, -0.2) is 23.1 Å². The molecule has 0 saturated heterocycles. The number of anilines is 2. The highest BCUT2D eigenvalue weighted by Crippen LogP contribution is 2.23. The van der Waals surface area contributed by atoms with E-state index in [0.717, 1.165) is 18.6 Å². The average Bonchev–Trinajstić information content (AvgIpc) is 2.54. The fraction of sp³-hybridized carbons (Fsp3) is 0.312. The van der Waals surface area contributed by atoms with Crippen molar-refractivity contribution in [3.63, 3.8) is 0 Å². The van der Waals surface area contributed by atoms with E-state index in [2.05, 4.69) is 20.6 Å². The Morgan fingerprint density at radius 1 is 1.21 bits per heavy atom. The summed E-state index contributed by atoms with van der Waals surface area (Å²) in [5.41, 5.74) is -0.200. The van der Waals surface area contributed by atoms with Gasteiger partial charge >= 0.3 is 0 Å². The molecule has 5 nitrogen and oxygen atoms in total. The normalized spacial score (nSPS) is 11.9. The van der Waals surface area contributed by atoms with Crippen LogP contribution in [0.4, 0.5) is 24.7 Å². The summed E-state index contributed by atoms with van der Waals surface area (Å²) in [6.07, 6.45) is 0.751. The zero-order valence-electron chi connectivity index (χ0n) is 13.5. The molecule has 1 aromatic heterocycles. The Balaban J connectivity index is 2.29. The van der Waals surface area contributed by atoms with Crippen molar-refractivity contribution < 1.29 is 18.0 Å². The van der Waals surface area contributed by atoms with Crippen LogP contribution in [0.2, 0.25) is 0 Å². The maximum absolute atomic E-state index is 13.7. The molecule has 2 aromatic rings. The van der Waals surface area contributed by atoms with Crippen LogP contribution in [0.25, 0.3) is 0 Å². The summed E-state index contributed by atoms with van der Waals surface area (Å²) in [6.45, 7) is 5.34. The molecule has 0 aliphatic rings. The Labute approximate surface area is 137 Å². The Hall–Kier alpha value is -2.64. The van der Waals surface area contributed by atoms with Gasteiger partial charge in [0.1, 0.15) is 17.3 Å². The molecule has 1 amide bonds. The lowest BCUT2D eigenvalue weighted by Crippen LogP contribution is -2.32. The van der Waals surface area contributed by atoms with E-state index in [9.17, 15) is 18.0 Å². The van der Waals surface area contributed by atoms with Gasteiger partial charge < -0.3 is 10.6 Å². The Bertz CT molecular complexity index is 767. The number of hydrogen-bond donors (Lipinski definition) is 2. The van der Waals surface area contributed by atoms with Crippen LogP contribution in [0.3, 0.4) is 0 Å². The highest BCUT2D eigenvalue weighted by Gasteiger charge is 2.16. The molecule has 128 valence electrons. The summed E-state index contributed by atoms with van der Waals surface area (Å²) < 4.78 is 40.0. The summed E-state index contributed by atoms with van der Waals surface area (Å²) >= 11 is 0. The van der Waals surface area contributed by atoms with Crippen molar-refractivity contribution in [3.05, 3.63) is 47.2 Å². The first kappa shape index (κ1) is 17.7. The van der Waals surface area contributed by atoms with Crippen molar-refractivity contribution in [3.8, 4) is 0 Å². The molecule has 24 heavy (non-hydrogen) atoms. The van der Waals surface area contributed by atoms with E-state index in [4.69, 9.17) is 0 Å². The Kier molecular flexibility index (Phi) is 5.38. The number of nitrogens with one attached hydrogen (secondary N) is 2. The highest BCUT2D eigenvalue weighted by molar-refractivity contribution is 5.93. The first-order valence-corrected chi connectivity index (χ1v) is 7.38. The van der Waals surface area contributed by atoms with E-state index in [1.165, 1.54) is 6.07 Å². The highest BCUT2D eigenvalue weighted by atomic mass is 19.2. The van der Waals surface area contributed by atoms with E-state index < -0.39 is 23.4 Å². The molecule has 1 aromatic carbocycles. The maximum atomic E-state index is 13.7. The van der Waals surface area contributed by atoms with Gasteiger partial charge in [-0.3, -0.25) is 4.79 Å². The second-order valence-electron chi connectivity index (χ2n) is 5.32. The molecule has 2 rings (SSSR count). The molecule has 1 heterocycles. The number of benzene rings is 1. The second kappa shape index (κ2) is 7.29. The minimum atomic E-state index is -1.58. The molecular formula is C16H17F3N4O. The van der Waals surface area contributed by atoms with Crippen LogP contribution >= 0.6 is 0 Å². The standard InChI is InChI=1S/C16H17F3N4O/c1-4-8(2)20-16(24)12-7-13(22-9(3)21-12)23-11-6-5-10(17)14(18)15(11)19/h5-8H,4H2,1-3H3,(H,20,24)(H,21,22,23). The summed E-state index contributed by atoms with van der Waals surface area (Å²) in [5, 5.41) is 5.28. The minimum Gasteiger partial charge on any atom is -0.348 e. The van der Waals surface area contributed by atoms with E-state index >= 15 is 0 Å². The third-order valence-corrected chi connectivity index (χ3v) is 3.36. The van der Waals surface area contributed by atoms with Gasteiger partial charge in [0, 0.05) is 12.1 Å². The first-order chi connectivity index (χ1) is 11.3. The van der Waals surface area contributed by atoms with Crippen LogP contribution in [-0.2, 0) is 0 Å². The number of carbonyl (C=O) groups excluding carboxylic acids is 1. The van der Waals surface area contributed by atoms with Crippen molar-refractivity contribution in [2.75, 3.05) is 5.32 Å². The van der Waals surface area contributed by atoms with E-state index in [-0.39, 0.29) is 29.1 Å². The van der Waals surface area contributed by atoms with Crippen molar-refractivity contribution in [2.24, 2.45) is 0 Å². The maximum Gasteiger partial charge on any atom is 0.270 e. The third kappa shape index (κ3) is 4.01. The lowest BCUT2D eigenvalue weighted by atomic mass is 10.2. The molecule has 0 radical (unpaired) electrons. The van der Waals surface area contributed by atoms with Crippen molar-refractivity contribution in [2.45, 2.75) is 33.2 Å². The predicted molar refractivity (Wildman–Crippen MR) is 83.6 cm³/mol. The molecule has 0 spiro atoms. The quantitative estimate of drug-likeness (QED) is 0.819. The number of hydrogen-bond acceptors (Lipinski definition) is 4. The van der Waals surface area contributed by atoms with Gasteiger partial charge in [0.05, 0.1) is 5.69 Å². The van der Waals surface area contributed by atoms with Gasteiger partial charge in [-0.1, -0.05) is 6.92 Å². The number of nitrogens with zero attached hydrogens (tertiary/aromatic N) is 2. The van der Waals surface area contributed by atoms with Gasteiger partial charge in [-0.05, 0) is 32.4 Å². The molecule has 0 aliphatic carbocycles. The fourth-order valence-electron chi connectivity index (χ4n) is 1.91. The summed E-state index contributed by atoms with van der Waals surface area (Å²) in [4.78, 5) is 20.2. The van der Waals surface area contributed by atoms with Crippen LogP contribution in [0.15, 0.2) is 18.2 Å². The number of amides is 1. The molecule has 1 unspecified atom stereocenters. The Morgan fingerprint density at radius 3 is 2.58 bits per heavy atom. The summed E-state index contributed by atoms with van der Waals surface area (Å²) in [5.74, 6) is -4.26. The molecule has 0 fully saturated rings. The van der Waals surface area contributed by atoms with Gasteiger partial charge in [-0.2, -0.15) is 0 Å². The molecule has 0 aliphatic heterocycles. The minimum absolute atomic E-state index is 0.0344. The van der Waals surface area contributed by atoms with E-state index in [1.807, 2.05) is 13.8 Å². The van der Waals surface area contributed by atoms with Crippen molar-refractivity contribution in [1.82, 2.24) is 15.3 Å². The molecule has 1 atom stereocenters. The Morgan fingerprint density at radius 2 is 1.92 bits per heavy atom. The topological polar surface area (TPSA) is 66.9 Å². The number of carbonyl (C=O) groups is 1. The summed E-state index contributed by atoms with van der Waals surface area (Å²) in [6, 6.07) is 3.12. The number of rotatable bonds is 5. The van der Waals surface area contributed by atoms with Gasteiger partial charge in [-0.15, -0.1) is 0 Å². The van der Waals surface area contributed by atoms with Crippen LogP contribution in [-0.4, -0.2) is 21.9 Å². The SMILES string of the molecule is CCC(C)NC(=O)c1cc(Nc2ccc(F)c(F)c2F)nc(C)n1. The lowest BCUT2D eigenvalue weighted by Gasteiger charge is -2.13.